The molecule has 122 valence electrons. The summed E-state index contributed by atoms with van der Waals surface area (Å²) in [7, 11) is 0. The first kappa shape index (κ1) is 40.2. The molecule has 0 heterocycles. The number of hydrogen-bond donors (Lipinski definition) is 2. The molecule has 0 atom stereocenters. The number of alkyl halides is 2. The number of carbonyl (C=O) groups excluding carboxylic acids is 3. The molecule has 0 saturated carbocycles. The fourth-order valence-electron chi connectivity index (χ4n) is 0.197. The summed E-state index contributed by atoms with van der Waals surface area (Å²) in [5.41, 5.74) is 4.79. The zero-order valence-electron chi connectivity index (χ0n) is 13.8. The first-order valence-electron chi connectivity index (χ1n) is 4.77. The Balaban J connectivity index is -0.0000000322. The maximum absolute atomic E-state index is 10.3. The molecule has 0 radical (unpaired) electrons. The van der Waals surface area contributed by atoms with E-state index in [1.807, 2.05) is 0 Å². The van der Waals surface area contributed by atoms with Gasteiger partial charge in [0.15, 0.2) is 0 Å². The van der Waals surface area contributed by atoms with E-state index in [9.17, 15) is 9.59 Å². The second-order valence-corrected chi connectivity index (χ2v) is 4.21. The van der Waals surface area contributed by atoms with Crippen LogP contribution in [0.4, 0.5) is 0 Å². The van der Waals surface area contributed by atoms with Crippen molar-refractivity contribution < 1.29 is 129 Å². The molecule has 0 rings (SSSR count). The van der Waals surface area contributed by atoms with Gasteiger partial charge in [0, 0.05) is 0 Å². The number of terminal acetylenes is 2. The number of rotatable bonds is 4. The van der Waals surface area contributed by atoms with Gasteiger partial charge in [-0.05, 0) is 15.9 Å². The monoisotopic (exact) mass is 570 g/mol. The fraction of sp³-hybridized carbons (Fsp3) is 0.364. The van der Waals surface area contributed by atoms with Gasteiger partial charge in [-0.15, -0.1) is 12.8 Å². The van der Waals surface area contributed by atoms with Crippen LogP contribution in [0.5, 0.6) is 0 Å². The first-order valence-corrected chi connectivity index (χ1v) is 7.81. The van der Waals surface area contributed by atoms with E-state index < -0.39 is 0 Å². The Morgan fingerprint density at radius 3 is 1.74 bits per heavy atom. The zero-order valence-corrected chi connectivity index (χ0v) is 23.8. The summed E-state index contributed by atoms with van der Waals surface area (Å²) in [5.74, 6) is 4.41. The smallest absolute Gasteiger partial charge is 1.00 e. The molecule has 3 N–H and O–H groups in total. The van der Waals surface area contributed by atoms with E-state index >= 15 is 0 Å². The Labute approximate surface area is 248 Å². The Morgan fingerprint density at radius 2 is 1.61 bits per heavy atom. The number of hydrogen-bond acceptors (Lipinski definition) is 6. The molecule has 12 heteroatoms. The summed E-state index contributed by atoms with van der Waals surface area (Å²) >= 11 is 8.57. The Bertz CT molecular complexity index is 356. The maximum Gasteiger partial charge on any atom is 1.00 e. The third kappa shape index (κ3) is 79.7. The molecule has 0 saturated heterocycles. The van der Waals surface area contributed by atoms with Crippen LogP contribution >= 0.6 is 47.8 Å². The largest absolute Gasteiger partial charge is 1.00 e. The molecule has 1 amide bonds. The van der Waals surface area contributed by atoms with Crippen molar-refractivity contribution in [3.63, 3.8) is 0 Å². The normalized spacial score (nSPS) is 6.04. The minimum Gasteiger partial charge on any atom is -1.00 e. The molecule has 0 aromatic carbocycles. The predicted octanol–water partition coefficient (Wildman–Crippen LogP) is -6.43. The second-order valence-electron chi connectivity index (χ2n) is 2.20. The average molecular weight is 573 g/mol. The van der Waals surface area contributed by atoms with Crippen LogP contribution in [0.1, 0.15) is 1.43 Å². The van der Waals surface area contributed by atoms with Gasteiger partial charge in [-0.1, -0.05) is 43.7 Å². The summed E-state index contributed by atoms with van der Waals surface area (Å²) < 4.78 is -0.0162. The van der Waals surface area contributed by atoms with Gasteiger partial charge in [0.25, 0.3) is 6.47 Å². The van der Waals surface area contributed by atoms with E-state index in [0.29, 0.717) is 23.7 Å². The van der Waals surface area contributed by atoms with Crippen LogP contribution < -0.4 is 119 Å². The first-order chi connectivity index (χ1) is 9.91. The van der Waals surface area contributed by atoms with Crippen molar-refractivity contribution in [1.29, 1.82) is 0 Å². The quantitative estimate of drug-likeness (QED) is 0.0657. The Morgan fingerprint density at radius 1 is 1.26 bits per heavy atom. The molecule has 0 unspecified atom stereocenters. The van der Waals surface area contributed by atoms with Gasteiger partial charge in [0.1, 0.15) is 0 Å². The van der Waals surface area contributed by atoms with Crippen LogP contribution in [-0.4, -0.2) is 40.8 Å². The molecule has 0 aliphatic heterocycles. The molecule has 23 heavy (non-hydrogen) atoms. The molecule has 0 aromatic rings. The van der Waals surface area contributed by atoms with Crippen LogP contribution in [0.2, 0.25) is 0 Å². The van der Waals surface area contributed by atoms with Crippen LogP contribution in [0.3, 0.4) is 0 Å². The van der Waals surface area contributed by atoms with Gasteiger partial charge in [-0.2, -0.15) is 0 Å². The summed E-state index contributed by atoms with van der Waals surface area (Å²) in [6, 6.07) is 0. The molecule has 0 aliphatic rings. The third-order valence-electron chi connectivity index (χ3n) is 0.771. The second kappa shape index (κ2) is 44.1. The number of nitrogens with two attached hydrogens (primary N) is 1. The molecule has 0 aromatic heterocycles. The molecule has 0 fully saturated rings. The van der Waals surface area contributed by atoms with E-state index in [2.05, 4.69) is 76.3 Å². The van der Waals surface area contributed by atoms with Crippen molar-refractivity contribution in [3.05, 3.63) is 0 Å². The molecule has 0 spiro atoms. The van der Waals surface area contributed by atoms with Gasteiger partial charge in [-0.25, -0.2) is 0 Å². The van der Waals surface area contributed by atoms with Crippen molar-refractivity contribution in [3.8, 4) is 24.7 Å². The number of halogens is 3. The maximum atomic E-state index is 10.3. The van der Waals surface area contributed by atoms with Crippen molar-refractivity contribution in [2.24, 2.45) is 5.73 Å². The van der Waals surface area contributed by atoms with Crippen LogP contribution in [-0.2, 0) is 19.3 Å². The Kier molecular flexibility index (Phi) is 77.0. The van der Waals surface area contributed by atoms with Crippen molar-refractivity contribution in [2.45, 2.75) is 0 Å². The molecular weight excluding hydrogens is 558 g/mol. The van der Waals surface area contributed by atoms with E-state index in [4.69, 9.17) is 22.2 Å². The molecule has 7 nitrogen and oxygen atoms in total. The number of amides is 1. The topological polar surface area (TPSA) is 122 Å². The fourth-order valence-corrected chi connectivity index (χ4v) is 0.395. The van der Waals surface area contributed by atoms with Crippen molar-refractivity contribution in [2.75, 3.05) is 23.7 Å². The SMILES string of the molecule is C#CCN.C#CCNC(=O)CBr.O=C(Br)CBr.O=CO[O-].[H-].[K+].[K+]. The summed E-state index contributed by atoms with van der Waals surface area (Å²) in [5, 5.41) is 11.6. The van der Waals surface area contributed by atoms with Crippen molar-refractivity contribution >= 4 is 64.9 Å². The molecule has 0 aliphatic carbocycles. The van der Waals surface area contributed by atoms with E-state index in [1.54, 1.807) is 0 Å². The number of carbonyl (C=O) groups is 3. The zero-order chi connectivity index (χ0) is 17.5. The van der Waals surface area contributed by atoms with Gasteiger partial charge in [0.2, 0.25) is 10.6 Å². The van der Waals surface area contributed by atoms with E-state index in [0.717, 1.165) is 0 Å². The van der Waals surface area contributed by atoms with Crippen LogP contribution in [0.25, 0.3) is 0 Å². The average Bonchev–Trinajstić information content (AvgIpc) is 2.53. The summed E-state index contributed by atoms with van der Waals surface area (Å²) in [4.78, 5) is 31.2. The third-order valence-corrected chi connectivity index (χ3v) is 2.82. The minimum atomic E-state index is -0.181. The van der Waals surface area contributed by atoms with Crippen LogP contribution in [0, 0.1) is 24.7 Å². The van der Waals surface area contributed by atoms with Gasteiger partial charge < -0.3 is 22.6 Å². The van der Waals surface area contributed by atoms with Crippen molar-refractivity contribution in [1.82, 2.24) is 5.32 Å². The van der Waals surface area contributed by atoms with Gasteiger partial charge in [-0.3, -0.25) is 14.4 Å². The summed E-state index contributed by atoms with van der Waals surface area (Å²) in [6.45, 7) is 0.477. The van der Waals surface area contributed by atoms with E-state index in [1.165, 1.54) is 0 Å². The molecular formula is C11H15Br3K2N2O5. The Hall–Kier alpha value is 2.36. The summed E-state index contributed by atoms with van der Waals surface area (Å²) in [6.07, 6.45) is 9.50. The predicted molar refractivity (Wildman–Crippen MR) is 89.5 cm³/mol. The van der Waals surface area contributed by atoms with E-state index in [-0.39, 0.29) is 121 Å². The standard InChI is InChI=1S/C5H6BrNO.C3H5N.C2H2Br2O.CH2O3.2K.H/c1-2-3-7-5(8)4-6;1-2-3-4;3-1-2(4)5;2-1-4-3;;;/h1H,3-4H2,(H,7,8);1H,3-4H2;1H2;1,3H;;;/q;;;;2*+1;-1/p-1. The molecule has 0 bridgehead atoms. The minimum absolute atomic E-state index is 0. The van der Waals surface area contributed by atoms with Gasteiger partial charge >= 0.3 is 103 Å². The van der Waals surface area contributed by atoms with Crippen LogP contribution in [0.15, 0.2) is 0 Å². The number of nitrogens with one attached hydrogen (secondary N) is 1. The van der Waals surface area contributed by atoms with Gasteiger partial charge in [0.05, 0.1) is 23.7 Å².